The number of ether oxygens (including phenoxy) is 1. The van der Waals surface area contributed by atoms with Gasteiger partial charge in [0.25, 0.3) is 0 Å². The van der Waals surface area contributed by atoms with Crippen LogP contribution < -0.4 is 4.74 Å². The van der Waals surface area contributed by atoms with Crippen LogP contribution in [-0.4, -0.2) is 51.0 Å². The van der Waals surface area contributed by atoms with Crippen LogP contribution in [0.4, 0.5) is 0 Å². The number of aromatic nitrogens is 3. The Morgan fingerprint density at radius 1 is 1.32 bits per heavy atom. The average molecular weight is 401 g/mol. The van der Waals surface area contributed by atoms with Gasteiger partial charge in [-0.1, -0.05) is 24.8 Å². The van der Waals surface area contributed by atoms with Gasteiger partial charge in [-0.05, 0) is 49.9 Å². The third kappa shape index (κ3) is 4.58. The first kappa shape index (κ1) is 20.5. The number of benzene rings is 1. The number of likely N-dealkylation sites (tertiary alicyclic amines) is 1. The van der Waals surface area contributed by atoms with Crippen LogP contribution in [0.2, 0.25) is 0 Å². The lowest BCUT2D eigenvalue weighted by Crippen LogP contribution is -2.44. The Bertz CT molecular complexity index is 803. The highest BCUT2D eigenvalue weighted by Gasteiger charge is 2.25. The molecule has 1 fully saturated rings. The number of nitrogens with zero attached hydrogens (tertiary/aromatic N) is 4. The summed E-state index contributed by atoms with van der Waals surface area (Å²) in [6.07, 6.45) is 6.27. The number of thioether (sulfide) groups is 1. The number of carbonyl (C=O) groups excluding carboxylic acids is 1. The van der Waals surface area contributed by atoms with Crippen molar-refractivity contribution in [3.05, 3.63) is 36.9 Å². The molecule has 0 bridgehead atoms. The first-order chi connectivity index (χ1) is 13.7. The molecule has 150 valence electrons. The Morgan fingerprint density at radius 3 is 2.79 bits per heavy atom. The molecule has 1 aliphatic rings. The van der Waals surface area contributed by atoms with Gasteiger partial charge in [0.15, 0.2) is 11.0 Å². The summed E-state index contributed by atoms with van der Waals surface area (Å²) in [6, 6.07) is 8.10. The molecule has 0 aliphatic carbocycles. The Morgan fingerprint density at radius 2 is 2.11 bits per heavy atom. The molecule has 0 radical (unpaired) electrons. The largest absolute Gasteiger partial charge is 0.497 e. The third-order valence-corrected chi connectivity index (χ3v) is 6.07. The van der Waals surface area contributed by atoms with Gasteiger partial charge in [-0.15, -0.1) is 16.8 Å². The van der Waals surface area contributed by atoms with Gasteiger partial charge in [-0.3, -0.25) is 9.36 Å². The van der Waals surface area contributed by atoms with E-state index in [1.54, 1.807) is 7.11 Å². The summed E-state index contributed by atoms with van der Waals surface area (Å²) in [7, 11) is 1.65. The van der Waals surface area contributed by atoms with Crippen LogP contribution in [0.1, 0.15) is 32.6 Å². The van der Waals surface area contributed by atoms with E-state index in [2.05, 4.69) is 28.6 Å². The highest BCUT2D eigenvalue weighted by atomic mass is 32.2. The molecule has 28 heavy (non-hydrogen) atoms. The van der Waals surface area contributed by atoms with Crippen LogP contribution in [-0.2, 0) is 11.3 Å². The van der Waals surface area contributed by atoms with Gasteiger partial charge in [0.05, 0.1) is 12.9 Å². The number of allylic oxidation sites excluding steroid dienone is 1. The summed E-state index contributed by atoms with van der Waals surface area (Å²) in [6.45, 7) is 7.46. The summed E-state index contributed by atoms with van der Waals surface area (Å²) in [5.41, 5.74) is 0.954. The standard InChI is InChI=1S/C21H28N4O2S/c1-4-13-25-20(16-9-11-18(27-3)12-10-16)22-23-21(25)28-15-19(26)24-14-7-6-8-17(24)5-2/h4,9-12,17H,1,5-8,13-15H2,2-3H3. The zero-order valence-electron chi connectivity index (χ0n) is 16.6. The Hall–Kier alpha value is -2.28. The first-order valence-electron chi connectivity index (χ1n) is 9.78. The zero-order chi connectivity index (χ0) is 19.9. The molecule has 0 saturated carbocycles. The van der Waals surface area contributed by atoms with Crippen molar-refractivity contribution in [1.29, 1.82) is 0 Å². The number of hydrogen-bond donors (Lipinski definition) is 0. The van der Waals surface area contributed by atoms with E-state index >= 15 is 0 Å². The van der Waals surface area contributed by atoms with Gasteiger partial charge in [-0.2, -0.15) is 0 Å². The molecular formula is C21H28N4O2S. The van der Waals surface area contributed by atoms with E-state index < -0.39 is 0 Å². The minimum Gasteiger partial charge on any atom is -0.497 e. The summed E-state index contributed by atoms with van der Waals surface area (Å²) in [5.74, 6) is 2.14. The number of amides is 1. The smallest absolute Gasteiger partial charge is 0.233 e. The lowest BCUT2D eigenvalue weighted by molar-refractivity contribution is -0.132. The van der Waals surface area contributed by atoms with Crippen molar-refractivity contribution in [1.82, 2.24) is 19.7 Å². The fraction of sp³-hybridized carbons (Fsp3) is 0.476. The van der Waals surface area contributed by atoms with Gasteiger partial charge >= 0.3 is 0 Å². The molecule has 1 atom stereocenters. The summed E-state index contributed by atoms with van der Waals surface area (Å²) in [4.78, 5) is 14.8. The highest BCUT2D eigenvalue weighted by molar-refractivity contribution is 7.99. The Balaban J connectivity index is 1.73. The second kappa shape index (κ2) is 9.78. The maximum Gasteiger partial charge on any atom is 0.233 e. The van der Waals surface area contributed by atoms with E-state index in [0.717, 1.165) is 48.1 Å². The predicted molar refractivity (Wildman–Crippen MR) is 113 cm³/mol. The lowest BCUT2D eigenvalue weighted by atomic mass is 10.0. The monoisotopic (exact) mass is 400 g/mol. The number of piperidine rings is 1. The minimum absolute atomic E-state index is 0.190. The molecule has 1 aromatic heterocycles. The fourth-order valence-corrected chi connectivity index (χ4v) is 4.44. The Labute approximate surface area is 171 Å². The van der Waals surface area contributed by atoms with Crippen molar-refractivity contribution in [3.63, 3.8) is 0 Å². The van der Waals surface area contributed by atoms with Crippen LogP contribution in [0.15, 0.2) is 42.1 Å². The molecule has 0 spiro atoms. The predicted octanol–water partition coefficient (Wildman–Crippen LogP) is 4.02. The van der Waals surface area contributed by atoms with Crippen molar-refractivity contribution in [2.45, 2.75) is 50.4 Å². The maximum absolute atomic E-state index is 12.8. The number of carbonyl (C=O) groups is 1. The zero-order valence-corrected chi connectivity index (χ0v) is 17.5. The highest BCUT2D eigenvalue weighted by Crippen LogP contribution is 2.27. The number of rotatable bonds is 8. The van der Waals surface area contributed by atoms with E-state index in [-0.39, 0.29) is 5.91 Å². The van der Waals surface area contributed by atoms with Crippen molar-refractivity contribution >= 4 is 17.7 Å². The molecule has 0 N–H and O–H groups in total. The van der Waals surface area contributed by atoms with Gasteiger partial charge in [0, 0.05) is 24.7 Å². The van der Waals surface area contributed by atoms with Gasteiger partial charge in [0.1, 0.15) is 5.75 Å². The molecule has 2 aromatic rings. The van der Waals surface area contributed by atoms with E-state index in [0.29, 0.717) is 18.3 Å². The van der Waals surface area contributed by atoms with Crippen molar-refractivity contribution < 1.29 is 9.53 Å². The third-order valence-electron chi connectivity index (χ3n) is 5.12. The van der Waals surface area contributed by atoms with Gasteiger partial charge < -0.3 is 9.64 Å². The molecule has 7 heteroatoms. The molecule has 1 aliphatic heterocycles. The molecule has 6 nitrogen and oxygen atoms in total. The quantitative estimate of drug-likeness (QED) is 0.495. The van der Waals surface area contributed by atoms with Gasteiger partial charge in [0.2, 0.25) is 5.91 Å². The SMILES string of the molecule is C=CCn1c(SCC(=O)N2CCCCC2CC)nnc1-c1ccc(OC)cc1. The van der Waals surface area contributed by atoms with Crippen LogP contribution in [0, 0.1) is 0 Å². The molecule has 1 saturated heterocycles. The maximum atomic E-state index is 12.8. The average Bonchev–Trinajstić information content (AvgIpc) is 3.14. The van der Waals surface area contributed by atoms with Crippen LogP contribution >= 0.6 is 11.8 Å². The fourth-order valence-electron chi connectivity index (χ4n) is 3.61. The molecule has 3 rings (SSSR count). The normalized spacial score (nSPS) is 16.8. The van der Waals surface area contributed by atoms with E-state index in [1.807, 2.05) is 34.9 Å². The van der Waals surface area contributed by atoms with Gasteiger partial charge in [-0.25, -0.2) is 0 Å². The van der Waals surface area contributed by atoms with Crippen molar-refractivity contribution in [3.8, 4) is 17.1 Å². The van der Waals surface area contributed by atoms with Crippen molar-refractivity contribution in [2.75, 3.05) is 19.4 Å². The Kier molecular flexibility index (Phi) is 7.14. The minimum atomic E-state index is 0.190. The summed E-state index contributed by atoms with van der Waals surface area (Å²) in [5, 5.41) is 9.44. The second-order valence-electron chi connectivity index (χ2n) is 6.87. The van der Waals surface area contributed by atoms with Crippen LogP contribution in [0.5, 0.6) is 5.75 Å². The van der Waals surface area contributed by atoms with Crippen LogP contribution in [0.25, 0.3) is 11.4 Å². The molecule has 1 amide bonds. The number of methoxy groups -OCH3 is 1. The lowest BCUT2D eigenvalue weighted by Gasteiger charge is -2.35. The molecule has 1 unspecified atom stereocenters. The van der Waals surface area contributed by atoms with E-state index in [1.165, 1.54) is 18.2 Å². The molecule has 1 aromatic carbocycles. The van der Waals surface area contributed by atoms with Crippen LogP contribution in [0.3, 0.4) is 0 Å². The summed E-state index contributed by atoms with van der Waals surface area (Å²) < 4.78 is 7.22. The number of hydrogen-bond acceptors (Lipinski definition) is 5. The first-order valence-corrected chi connectivity index (χ1v) is 10.8. The molecular weight excluding hydrogens is 372 g/mol. The molecule has 2 heterocycles. The van der Waals surface area contributed by atoms with E-state index in [4.69, 9.17) is 4.74 Å². The van der Waals surface area contributed by atoms with Crippen molar-refractivity contribution in [2.24, 2.45) is 0 Å². The van der Waals surface area contributed by atoms with E-state index in [9.17, 15) is 4.79 Å². The second-order valence-corrected chi connectivity index (χ2v) is 7.81. The topological polar surface area (TPSA) is 60.2 Å². The summed E-state index contributed by atoms with van der Waals surface area (Å²) >= 11 is 1.45.